The van der Waals surface area contributed by atoms with Gasteiger partial charge in [-0.05, 0) is 87.8 Å². The SMILES string of the molecule is C.C=C(Nc1cc2cc(C3COCCO3)nn2cc1OC)C1CCCCC1.CC(=O)c1cn2nc(C3COCCO3)cc2cc1NC(=O)C1CCCCC1.CNC(=O)c1cn2nc(C3COCCO3)cc2cc1NC(=O)C1CCCCC1. The van der Waals surface area contributed by atoms with Crippen molar-refractivity contribution in [3.8, 4) is 5.75 Å². The number of fused-ring (bicyclic) bond motifs is 3. The number of rotatable bonds is 13. The van der Waals surface area contributed by atoms with Gasteiger partial charge in [-0.25, -0.2) is 13.5 Å². The highest BCUT2D eigenvalue weighted by molar-refractivity contribution is 6.05. The number of nitrogens with one attached hydrogen (secondary N) is 4. The molecule has 3 saturated heterocycles. The topological polar surface area (TPSA) is 233 Å². The van der Waals surface area contributed by atoms with Crippen molar-refractivity contribution in [3.63, 3.8) is 0 Å². The van der Waals surface area contributed by atoms with Crippen LogP contribution in [0.5, 0.6) is 5.75 Å². The van der Waals surface area contributed by atoms with E-state index in [9.17, 15) is 19.2 Å². The van der Waals surface area contributed by atoms with Gasteiger partial charge in [-0.15, -0.1) is 0 Å². The van der Waals surface area contributed by atoms with Gasteiger partial charge in [-0.3, -0.25) is 19.2 Å². The molecule has 6 aromatic rings. The third kappa shape index (κ3) is 14.7. The maximum Gasteiger partial charge on any atom is 0.254 e. The van der Waals surface area contributed by atoms with Gasteiger partial charge >= 0.3 is 0 Å². The fourth-order valence-electron chi connectivity index (χ4n) is 11.6. The second-order valence-corrected chi connectivity index (χ2v) is 21.8. The van der Waals surface area contributed by atoms with Crippen LogP contribution in [0, 0.1) is 17.8 Å². The van der Waals surface area contributed by atoms with Crippen LogP contribution in [0.3, 0.4) is 0 Å². The molecule has 82 heavy (non-hydrogen) atoms. The Kier molecular flexibility index (Phi) is 20.8. The maximum atomic E-state index is 12.7. The molecule has 21 heteroatoms. The summed E-state index contributed by atoms with van der Waals surface area (Å²) in [5.41, 5.74) is 8.91. The van der Waals surface area contributed by atoms with Gasteiger partial charge in [0.25, 0.3) is 5.91 Å². The molecule has 6 aliphatic rings. The lowest BCUT2D eigenvalue weighted by Gasteiger charge is -2.25. The van der Waals surface area contributed by atoms with Crippen LogP contribution in [0.4, 0.5) is 17.1 Å². The number of hydrogen-bond acceptors (Lipinski definition) is 15. The Morgan fingerprint density at radius 1 is 0.524 bits per heavy atom. The predicted molar refractivity (Wildman–Crippen MR) is 311 cm³/mol. The Morgan fingerprint density at radius 2 is 0.915 bits per heavy atom. The molecule has 0 radical (unpaired) electrons. The van der Waals surface area contributed by atoms with E-state index in [1.807, 2.05) is 35.0 Å². The lowest BCUT2D eigenvalue weighted by atomic mass is 9.87. The highest BCUT2D eigenvalue weighted by atomic mass is 16.6. The van der Waals surface area contributed by atoms with E-state index in [0.29, 0.717) is 87.9 Å². The zero-order valence-electron chi connectivity index (χ0n) is 47.0. The number of Topliss-reactive ketones (excluding diaryl/α,β-unsaturated/α-hetero) is 1. The lowest BCUT2D eigenvalue weighted by molar-refractivity contribution is -0.121. The summed E-state index contributed by atoms with van der Waals surface area (Å²) in [6.07, 6.45) is 21.4. The third-order valence-electron chi connectivity index (χ3n) is 16.2. The predicted octanol–water partition coefficient (Wildman–Crippen LogP) is 10.0. The highest BCUT2D eigenvalue weighted by Crippen LogP contribution is 2.35. The van der Waals surface area contributed by atoms with Crippen molar-refractivity contribution >= 4 is 57.1 Å². The molecule has 0 spiro atoms. The van der Waals surface area contributed by atoms with Crippen LogP contribution in [-0.2, 0) is 38.0 Å². The Morgan fingerprint density at radius 3 is 1.30 bits per heavy atom. The maximum absolute atomic E-state index is 12.7. The largest absolute Gasteiger partial charge is 0.493 e. The number of carbonyl (C=O) groups excluding carboxylic acids is 4. The van der Waals surface area contributed by atoms with Crippen LogP contribution >= 0.6 is 0 Å². The average molecular weight is 1130 g/mol. The molecule has 3 saturated carbocycles. The van der Waals surface area contributed by atoms with Crippen molar-refractivity contribution in [3.05, 3.63) is 95.5 Å². The first-order valence-corrected chi connectivity index (χ1v) is 29.0. The smallest absolute Gasteiger partial charge is 0.254 e. The zero-order chi connectivity index (χ0) is 56.2. The summed E-state index contributed by atoms with van der Waals surface area (Å²) in [4.78, 5) is 49.9. The van der Waals surface area contributed by atoms with Crippen molar-refractivity contribution in [2.45, 2.75) is 129 Å². The molecule has 0 aromatic carbocycles. The first kappa shape index (κ1) is 59.9. The van der Waals surface area contributed by atoms with Crippen LogP contribution in [0.2, 0.25) is 0 Å². The van der Waals surface area contributed by atoms with Gasteiger partial charge in [0.1, 0.15) is 18.3 Å². The summed E-state index contributed by atoms with van der Waals surface area (Å²) < 4.78 is 44.3. The summed E-state index contributed by atoms with van der Waals surface area (Å²) in [6.45, 7) is 10.8. The number of aromatic nitrogens is 6. The number of methoxy groups -OCH3 is 1. The van der Waals surface area contributed by atoms with E-state index in [2.05, 4.69) is 49.2 Å². The fourth-order valence-corrected chi connectivity index (χ4v) is 11.6. The van der Waals surface area contributed by atoms with Gasteiger partial charge in [0.2, 0.25) is 11.8 Å². The molecule has 6 aromatic heterocycles. The summed E-state index contributed by atoms with van der Waals surface area (Å²) in [7, 11) is 3.25. The van der Waals surface area contributed by atoms with Gasteiger partial charge in [0.05, 0.1) is 135 Å². The highest BCUT2D eigenvalue weighted by Gasteiger charge is 2.28. The minimum atomic E-state index is -0.268. The van der Waals surface area contributed by atoms with E-state index < -0.39 is 0 Å². The van der Waals surface area contributed by atoms with Gasteiger partial charge in [0, 0.05) is 37.0 Å². The standard InChI is InChI=1S/C20H26N4O4.C20H25N3O4.C20H27N3O3.CH4/c1-21-20(26)15-11-24-14(10-17(23-24)18-12-27-7-8-28-18)9-16(15)22-19(25)13-5-3-2-4-6-13;1-13(24)16-11-23-15(10-18(22-23)19-12-26-7-8-27-19)9-17(16)21-20(25)14-5-3-2-4-6-14;1-14(15-6-4-3-5-7-15)21-17-10-16-11-18(20-13-25-8-9-26-20)22-23(16)12-19(17)24-2;/h9-11,13,18H,2-8,12H2,1H3,(H,21,26)(H,22,25);9-11,14,19H,2-8,12H2,1H3,(H,21,25);10-12,15,20-21H,1,3-9,13H2,2H3;1H4. The Hall–Kier alpha value is -6.75. The number of anilines is 3. The van der Waals surface area contributed by atoms with Crippen molar-refractivity contribution in [1.82, 2.24) is 34.2 Å². The zero-order valence-corrected chi connectivity index (χ0v) is 47.0. The van der Waals surface area contributed by atoms with Crippen LogP contribution in [0.15, 0.2) is 67.3 Å². The minimum absolute atomic E-state index is 0. The van der Waals surface area contributed by atoms with Gasteiger partial charge in [-0.2, -0.15) is 15.3 Å². The molecule has 3 unspecified atom stereocenters. The quantitative estimate of drug-likeness (QED) is 0.0788. The van der Waals surface area contributed by atoms with Crippen molar-refractivity contribution in [1.29, 1.82) is 0 Å². The molecule has 9 heterocycles. The molecule has 0 bridgehead atoms. The molecule has 12 rings (SSSR count). The first-order valence-electron chi connectivity index (χ1n) is 29.0. The van der Waals surface area contributed by atoms with Crippen molar-refractivity contribution in [2.75, 3.05) is 89.6 Å². The van der Waals surface area contributed by atoms with Gasteiger partial charge < -0.3 is 54.4 Å². The van der Waals surface area contributed by atoms with Crippen LogP contribution in [-0.4, -0.2) is 126 Å². The fraction of sp³-hybridized carbons (Fsp3) is 0.557. The third-order valence-corrected chi connectivity index (χ3v) is 16.2. The molecule has 21 nitrogen and oxygen atoms in total. The first-order chi connectivity index (χ1) is 39.5. The lowest BCUT2D eigenvalue weighted by Crippen LogP contribution is -2.27. The summed E-state index contributed by atoms with van der Waals surface area (Å²) in [6, 6.07) is 11.5. The minimum Gasteiger partial charge on any atom is -0.493 e. The van der Waals surface area contributed by atoms with Crippen molar-refractivity contribution < 1.29 is 52.3 Å². The molecule has 3 aliphatic heterocycles. The second-order valence-electron chi connectivity index (χ2n) is 21.8. The van der Waals surface area contributed by atoms with E-state index in [0.717, 1.165) is 102 Å². The van der Waals surface area contributed by atoms with Crippen molar-refractivity contribution in [2.24, 2.45) is 17.8 Å². The van der Waals surface area contributed by atoms with E-state index in [-0.39, 0.29) is 61.1 Å². The van der Waals surface area contributed by atoms with E-state index >= 15 is 0 Å². The van der Waals surface area contributed by atoms with E-state index in [4.69, 9.17) is 33.2 Å². The molecule has 3 atom stereocenters. The summed E-state index contributed by atoms with van der Waals surface area (Å²) in [5.74, 6) is 0.949. The van der Waals surface area contributed by atoms with Gasteiger partial charge in [-0.1, -0.05) is 71.8 Å². The Balaban J connectivity index is 0.000000147. The number of hydrogen-bond donors (Lipinski definition) is 4. The number of ketones is 1. The number of pyridine rings is 3. The van der Waals surface area contributed by atoms with Gasteiger partial charge in [0.15, 0.2) is 11.5 Å². The Bertz CT molecular complexity index is 3150. The molecule has 3 aliphatic carbocycles. The molecular formula is C61H82N10O11. The number of ether oxygens (including phenoxy) is 7. The van der Waals surface area contributed by atoms with E-state index in [1.165, 1.54) is 51.9 Å². The normalized spacial score (nSPS) is 21.0. The molecular weight excluding hydrogens is 1050 g/mol. The number of allylic oxidation sites excluding steroid dienone is 1. The van der Waals surface area contributed by atoms with Crippen LogP contribution < -0.4 is 26.0 Å². The van der Waals surface area contributed by atoms with Crippen LogP contribution in [0.1, 0.15) is 167 Å². The molecule has 442 valence electrons. The average Bonchev–Trinajstić information content (AvgIpc) is 4.47. The monoisotopic (exact) mass is 1130 g/mol. The molecule has 3 amide bonds. The van der Waals surface area contributed by atoms with Crippen LogP contribution in [0.25, 0.3) is 16.6 Å². The number of nitrogens with zero attached hydrogens (tertiary/aromatic N) is 6. The Labute approximate surface area is 479 Å². The summed E-state index contributed by atoms with van der Waals surface area (Å²) in [5, 5.41) is 25.8. The van der Waals surface area contributed by atoms with E-state index in [1.54, 1.807) is 41.6 Å². The number of carbonyl (C=O) groups is 4. The molecule has 4 N–H and O–H groups in total. The second kappa shape index (κ2) is 28.5. The molecule has 6 fully saturated rings. The number of amides is 3. The summed E-state index contributed by atoms with van der Waals surface area (Å²) >= 11 is 0.